The summed E-state index contributed by atoms with van der Waals surface area (Å²) in [6.45, 7) is 0.631. The molecule has 0 amide bonds. The summed E-state index contributed by atoms with van der Waals surface area (Å²) in [5.74, 6) is -0.297. The number of rotatable bonds is 6. The molecule has 6 atom stereocenters. The van der Waals surface area contributed by atoms with E-state index in [-0.39, 0.29) is 36.0 Å². The lowest BCUT2D eigenvalue weighted by Gasteiger charge is -2.18. The van der Waals surface area contributed by atoms with Crippen LogP contribution in [0.1, 0.15) is 44.9 Å². The van der Waals surface area contributed by atoms with Crippen molar-refractivity contribution >= 4 is 11.9 Å². The van der Waals surface area contributed by atoms with Gasteiger partial charge in [0, 0.05) is 6.42 Å². The zero-order valence-electron chi connectivity index (χ0n) is 13.3. The fourth-order valence-corrected chi connectivity index (χ4v) is 3.88. The molecule has 4 fully saturated rings. The van der Waals surface area contributed by atoms with Crippen molar-refractivity contribution in [3.8, 4) is 0 Å². The third-order valence-electron chi connectivity index (χ3n) is 5.45. The van der Waals surface area contributed by atoms with Crippen LogP contribution in [0.2, 0.25) is 0 Å². The van der Waals surface area contributed by atoms with Crippen LogP contribution in [0.3, 0.4) is 0 Å². The maximum Gasteiger partial charge on any atom is 0.309 e. The number of carbonyl (C=O) groups excluding carboxylic acids is 2. The van der Waals surface area contributed by atoms with Crippen LogP contribution in [0.15, 0.2) is 0 Å². The molecule has 4 rings (SSSR count). The Morgan fingerprint density at radius 1 is 0.739 bits per heavy atom. The van der Waals surface area contributed by atoms with E-state index < -0.39 is 0 Å². The van der Waals surface area contributed by atoms with Crippen LogP contribution in [-0.2, 0) is 28.5 Å². The second kappa shape index (κ2) is 6.40. The maximum absolute atomic E-state index is 11.9. The van der Waals surface area contributed by atoms with Crippen LogP contribution >= 0.6 is 0 Å². The molecule has 0 aromatic carbocycles. The Morgan fingerprint density at radius 2 is 1.22 bits per heavy atom. The van der Waals surface area contributed by atoms with Gasteiger partial charge in [-0.1, -0.05) is 0 Å². The van der Waals surface area contributed by atoms with Gasteiger partial charge in [-0.3, -0.25) is 9.59 Å². The average Bonchev–Trinajstić information content (AvgIpc) is 3.45. The molecule has 0 aromatic rings. The number of ether oxygens (including phenoxy) is 4. The van der Waals surface area contributed by atoms with E-state index in [4.69, 9.17) is 18.9 Å². The van der Waals surface area contributed by atoms with E-state index in [1.165, 1.54) is 0 Å². The number of esters is 2. The third kappa shape index (κ3) is 3.69. The minimum Gasteiger partial charge on any atom is -0.465 e. The van der Waals surface area contributed by atoms with Crippen molar-refractivity contribution in [2.24, 2.45) is 11.8 Å². The molecule has 0 N–H and O–H groups in total. The molecule has 2 saturated heterocycles. The van der Waals surface area contributed by atoms with Gasteiger partial charge >= 0.3 is 11.9 Å². The van der Waals surface area contributed by atoms with Gasteiger partial charge in [-0.25, -0.2) is 0 Å². The Balaban J connectivity index is 1.07. The molecule has 4 aliphatic rings. The lowest BCUT2D eigenvalue weighted by molar-refractivity contribution is -0.152. The summed E-state index contributed by atoms with van der Waals surface area (Å²) in [4.78, 5) is 23.9. The van der Waals surface area contributed by atoms with Gasteiger partial charge < -0.3 is 18.9 Å². The molecule has 2 saturated carbocycles. The van der Waals surface area contributed by atoms with Crippen molar-refractivity contribution < 1.29 is 28.5 Å². The molecule has 0 aromatic heterocycles. The lowest BCUT2D eigenvalue weighted by Crippen LogP contribution is -2.25. The standard InChI is InChI=1S/C17H24O6/c18-16(10-2-4-12-14(8-10)22-12)20-6-1-7-21-17(19)11-3-5-13-15(9-11)23-13/h10-15H,1-9H2. The molecule has 0 spiro atoms. The van der Waals surface area contributed by atoms with E-state index in [1.807, 2.05) is 0 Å². The topological polar surface area (TPSA) is 77.7 Å². The summed E-state index contributed by atoms with van der Waals surface area (Å²) in [5, 5.41) is 0. The largest absolute Gasteiger partial charge is 0.465 e. The van der Waals surface area contributed by atoms with E-state index in [0.29, 0.717) is 31.8 Å². The molecule has 2 aliphatic carbocycles. The van der Waals surface area contributed by atoms with E-state index in [2.05, 4.69) is 0 Å². The summed E-state index contributed by atoms with van der Waals surface area (Å²) in [5.41, 5.74) is 0. The highest BCUT2D eigenvalue weighted by Gasteiger charge is 2.47. The number of epoxide rings is 2. The molecule has 6 unspecified atom stereocenters. The third-order valence-corrected chi connectivity index (χ3v) is 5.45. The first-order valence-corrected chi connectivity index (χ1v) is 8.85. The first kappa shape index (κ1) is 15.4. The Kier molecular flexibility index (Phi) is 4.28. The number of hydrogen-bond donors (Lipinski definition) is 0. The van der Waals surface area contributed by atoms with Crippen LogP contribution in [-0.4, -0.2) is 49.6 Å². The van der Waals surface area contributed by atoms with Crippen LogP contribution < -0.4 is 0 Å². The second-order valence-electron chi connectivity index (χ2n) is 7.13. The highest BCUT2D eigenvalue weighted by molar-refractivity contribution is 5.73. The lowest BCUT2D eigenvalue weighted by atomic mass is 9.89. The first-order valence-electron chi connectivity index (χ1n) is 8.85. The average molecular weight is 324 g/mol. The number of fused-ring (bicyclic) bond motifs is 2. The van der Waals surface area contributed by atoms with Crippen molar-refractivity contribution in [1.82, 2.24) is 0 Å². The van der Waals surface area contributed by atoms with Gasteiger partial charge in [0.2, 0.25) is 0 Å². The van der Waals surface area contributed by atoms with Gasteiger partial charge in [-0.2, -0.15) is 0 Å². The second-order valence-corrected chi connectivity index (χ2v) is 7.13. The fraction of sp³-hybridized carbons (Fsp3) is 0.882. The monoisotopic (exact) mass is 324 g/mol. The highest BCUT2D eigenvalue weighted by Crippen LogP contribution is 2.40. The minimum absolute atomic E-state index is 0.0185. The van der Waals surface area contributed by atoms with E-state index >= 15 is 0 Å². The fourth-order valence-electron chi connectivity index (χ4n) is 3.88. The van der Waals surface area contributed by atoms with Crippen molar-refractivity contribution in [2.45, 2.75) is 69.4 Å². The first-order chi connectivity index (χ1) is 11.2. The molecule has 0 bridgehead atoms. The molecule has 23 heavy (non-hydrogen) atoms. The Bertz CT molecular complexity index is 436. The number of hydrogen-bond acceptors (Lipinski definition) is 6. The van der Waals surface area contributed by atoms with Gasteiger partial charge in [0.05, 0.1) is 49.5 Å². The van der Waals surface area contributed by atoms with Crippen molar-refractivity contribution in [1.29, 1.82) is 0 Å². The zero-order chi connectivity index (χ0) is 15.8. The smallest absolute Gasteiger partial charge is 0.309 e. The van der Waals surface area contributed by atoms with Gasteiger partial charge in [0.25, 0.3) is 0 Å². The van der Waals surface area contributed by atoms with Crippen LogP contribution in [0.5, 0.6) is 0 Å². The summed E-state index contributed by atoms with van der Waals surface area (Å²) in [6.07, 6.45) is 7.17. The summed E-state index contributed by atoms with van der Waals surface area (Å²) in [6, 6.07) is 0. The van der Waals surface area contributed by atoms with E-state index in [1.54, 1.807) is 0 Å². The minimum atomic E-state index is -0.130. The molecule has 128 valence electrons. The van der Waals surface area contributed by atoms with Crippen molar-refractivity contribution in [3.05, 3.63) is 0 Å². The van der Waals surface area contributed by atoms with E-state index in [0.717, 1.165) is 38.5 Å². The molecule has 2 aliphatic heterocycles. The predicted molar refractivity (Wildman–Crippen MR) is 78.5 cm³/mol. The number of carbonyl (C=O) groups is 2. The molecule has 2 heterocycles. The maximum atomic E-state index is 11.9. The predicted octanol–water partition coefficient (Wildman–Crippen LogP) is 1.60. The van der Waals surface area contributed by atoms with Crippen molar-refractivity contribution in [2.75, 3.05) is 13.2 Å². The quantitative estimate of drug-likeness (QED) is 0.419. The molecule has 6 heteroatoms. The summed E-state index contributed by atoms with van der Waals surface area (Å²) in [7, 11) is 0. The molecule has 0 radical (unpaired) electrons. The van der Waals surface area contributed by atoms with Gasteiger partial charge in [0.1, 0.15) is 0 Å². The Hall–Kier alpha value is -1.14. The molecular formula is C17H24O6. The summed E-state index contributed by atoms with van der Waals surface area (Å²) >= 11 is 0. The molecular weight excluding hydrogens is 300 g/mol. The van der Waals surface area contributed by atoms with Crippen LogP contribution in [0.4, 0.5) is 0 Å². The molecule has 6 nitrogen and oxygen atoms in total. The SMILES string of the molecule is O=C(OCCCOC(=O)C1CCC2OC2C1)C1CCC2OC2C1. The van der Waals surface area contributed by atoms with Crippen LogP contribution in [0.25, 0.3) is 0 Å². The van der Waals surface area contributed by atoms with Gasteiger partial charge in [0.15, 0.2) is 0 Å². The van der Waals surface area contributed by atoms with Gasteiger partial charge in [-0.15, -0.1) is 0 Å². The Morgan fingerprint density at radius 3 is 1.65 bits per heavy atom. The Labute approximate surface area is 135 Å². The van der Waals surface area contributed by atoms with E-state index in [9.17, 15) is 9.59 Å². The highest BCUT2D eigenvalue weighted by atomic mass is 16.6. The van der Waals surface area contributed by atoms with Crippen LogP contribution in [0, 0.1) is 11.8 Å². The normalized spacial score (nSPS) is 40.5. The summed E-state index contributed by atoms with van der Waals surface area (Å²) < 4.78 is 21.4. The van der Waals surface area contributed by atoms with Gasteiger partial charge in [-0.05, 0) is 38.5 Å². The zero-order valence-corrected chi connectivity index (χ0v) is 13.3. The van der Waals surface area contributed by atoms with Crippen molar-refractivity contribution in [3.63, 3.8) is 0 Å².